The first-order chi connectivity index (χ1) is 16.8. The van der Waals surface area contributed by atoms with Gasteiger partial charge in [0, 0.05) is 31.1 Å². The van der Waals surface area contributed by atoms with E-state index in [1.807, 2.05) is 30.3 Å². The van der Waals surface area contributed by atoms with Crippen LogP contribution in [0.1, 0.15) is 30.1 Å². The van der Waals surface area contributed by atoms with E-state index in [1.165, 1.54) is 28.6 Å². The second-order valence-electron chi connectivity index (χ2n) is 8.31. The van der Waals surface area contributed by atoms with Crippen LogP contribution >= 0.6 is 0 Å². The number of nitrogens with zero attached hydrogens (tertiary/aromatic N) is 6. The number of rotatable bonds is 6. The average molecular weight is 496 g/mol. The first kappa shape index (κ1) is 22.8. The van der Waals surface area contributed by atoms with Crippen LogP contribution in [0.25, 0.3) is 11.2 Å². The molecule has 1 atom stereocenters. The Hall–Kier alpha value is -3.97. The van der Waals surface area contributed by atoms with Crippen molar-refractivity contribution in [2.45, 2.75) is 30.2 Å². The van der Waals surface area contributed by atoms with Crippen molar-refractivity contribution >= 4 is 26.9 Å². The number of non-ortho nitro benzene ring substituents is 1. The minimum atomic E-state index is -3.88. The minimum absolute atomic E-state index is 0.0224. The molecule has 13 heteroatoms. The van der Waals surface area contributed by atoms with E-state index in [2.05, 4.69) is 20.3 Å². The number of H-pyrrole nitrogens is 1. The van der Waals surface area contributed by atoms with Gasteiger partial charge >= 0.3 is 0 Å². The standard InChI is InChI=1S/C22H21N7O5S/c30-22-19-21(28(26-25-19)13-15-5-2-1-3-6-15)23-20(24-22)16-7-4-12-27(14-16)35(33,34)18-10-8-17(9-11-18)29(31)32/h1-3,5-6,8-11,16H,4,7,12-14H2,(H,23,24,30). The number of sulfonamides is 1. The Labute approximate surface area is 199 Å². The molecule has 0 amide bonds. The van der Waals surface area contributed by atoms with Crippen LogP contribution in [0.3, 0.4) is 0 Å². The van der Waals surface area contributed by atoms with Gasteiger partial charge in [0.15, 0.2) is 11.2 Å². The molecule has 180 valence electrons. The van der Waals surface area contributed by atoms with Gasteiger partial charge in [-0.1, -0.05) is 35.5 Å². The molecule has 1 fully saturated rings. The zero-order valence-corrected chi connectivity index (χ0v) is 19.3. The molecule has 1 saturated heterocycles. The summed E-state index contributed by atoms with van der Waals surface area (Å²) in [5, 5.41) is 18.9. The average Bonchev–Trinajstić information content (AvgIpc) is 3.28. The summed E-state index contributed by atoms with van der Waals surface area (Å²) in [7, 11) is -3.88. The number of hydrogen-bond acceptors (Lipinski definition) is 8. The summed E-state index contributed by atoms with van der Waals surface area (Å²) in [6.45, 7) is 0.808. The zero-order valence-electron chi connectivity index (χ0n) is 18.4. The van der Waals surface area contributed by atoms with E-state index in [1.54, 1.807) is 4.68 Å². The van der Waals surface area contributed by atoms with E-state index in [9.17, 15) is 23.3 Å². The summed E-state index contributed by atoms with van der Waals surface area (Å²) in [6.07, 6.45) is 1.21. The Morgan fingerprint density at radius 3 is 2.57 bits per heavy atom. The van der Waals surface area contributed by atoms with Gasteiger partial charge in [0.2, 0.25) is 10.0 Å². The second-order valence-corrected chi connectivity index (χ2v) is 10.2. The van der Waals surface area contributed by atoms with Gasteiger partial charge in [0.05, 0.1) is 16.4 Å². The third-order valence-electron chi connectivity index (χ3n) is 6.02. The monoisotopic (exact) mass is 495 g/mol. The van der Waals surface area contributed by atoms with E-state index in [0.29, 0.717) is 37.4 Å². The molecule has 4 aromatic rings. The molecule has 0 spiro atoms. The number of aromatic amines is 1. The zero-order chi connectivity index (χ0) is 24.6. The van der Waals surface area contributed by atoms with Crippen molar-refractivity contribution in [3.05, 3.63) is 86.5 Å². The molecule has 0 bridgehead atoms. The molecule has 12 nitrogen and oxygen atoms in total. The SMILES string of the molecule is O=c1[nH]c(C2CCCN(S(=O)(=O)c3ccc([N+](=O)[O-])cc3)C2)nc2c1nnn2Cc1ccccc1. The van der Waals surface area contributed by atoms with Crippen LogP contribution in [0, 0.1) is 10.1 Å². The summed E-state index contributed by atoms with van der Waals surface area (Å²) in [5.41, 5.74) is 0.815. The Kier molecular flexibility index (Phi) is 5.86. The lowest BCUT2D eigenvalue weighted by Crippen LogP contribution is -2.39. The molecule has 35 heavy (non-hydrogen) atoms. The van der Waals surface area contributed by atoms with E-state index in [-0.39, 0.29) is 28.6 Å². The van der Waals surface area contributed by atoms with Gasteiger partial charge in [-0.3, -0.25) is 14.9 Å². The molecule has 1 unspecified atom stereocenters. The molecule has 0 radical (unpaired) electrons. The van der Waals surface area contributed by atoms with Crippen molar-refractivity contribution in [1.29, 1.82) is 0 Å². The first-order valence-corrected chi connectivity index (χ1v) is 12.4. The first-order valence-electron chi connectivity index (χ1n) is 10.9. The van der Waals surface area contributed by atoms with Gasteiger partial charge in [0.25, 0.3) is 11.2 Å². The lowest BCUT2D eigenvalue weighted by molar-refractivity contribution is -0.384. The Balaban J connectivity index is 1.43. The number of nitro groups is 1. The molecule has 1 aliphatic rings. The second kappa shape index (κ2) is 9.00. The lowest BCUT2D eigenvalue weighted by Gasteiger charge is -2.31. The van der Waals surface area contributed by atoms with Gasteiger partial charge < -0.3 is 4.98 Å². The third-order valence-corrected chi connectivity index (χ3v) is 7.90. The fourth-order valence-corrected chi connectivity index (χ4v) is 5.74. The predicted molar refractivity (Wildman–Crippen MR) is 125 cm³/mol. The van der Waals surface area contributed by atoms with Gasteiger partial charge in [-0.05, 0) is 30.5 Å². The number of nitro benzene ring substituents is 1. The maximum absolute atomic E-state index is 13.2. The Morgan fingerprint density at radius 1 is 1.11 bits per heavy atom. The van der Waals surface area contributed by atoms with E-state index in [4.69, 9.17) is 0 Å². The van der Waals surface area contributed by atoms with Crippen LogP contribution in [-0.4, -0.2) is 55.7 Å². The normalized spacial score (nSPS) is 17.0. The Bertz CT molecular complexity index is 1550. The fourth-order valence-electron chi connectivity index (χ4n) is 4.21. The molecular formula is C22H21N7O5S. The number of benzene rings is 2. The minimum Gasteiger partial charge on any atom is -0.308 e. The molecule has 1 N–H and O–H groups in total. The van der Waals surface area contributed by atoms with Crippen LogP contribution in [0.15, 0.2) is 64.3 Å². The van der Waals surface area contributed by atoms with Crippen molar-refractivity contribution in [1.82, 2.24) is 29.3 Å². The van der Waals surface area contributed by atoms with E-state index < -0.39 is 20.5 Å². The lowest BCUT2D eigenvalue weighted by atomic mass is 9.99. The molecule has 5 rings (SSSR count). The smallest absolute Gasteiger partial charge is 0.281 e. The van der Waals surface area contributed by atoms with Crippen LogP contribution in [0.5, 0.6) is 0 Å². The predicted octanol–water partition coefficient (Wildman–Crippen LogP) is 2.04. The number of aromatic nitrogens is 5. The third kappa shape index (κ3) is 4.42. The van der Waals surface area contributed by atoms with Crippen molar-refractivity contribution < 1.29 is 13.3 Å². The highest BCUT2D eigenvalue weighted by atomic mass is 32.2. The summed E-state index contributed by atoms with van der Waals surface area (Å²) in [6, 6.07) is 14.4. The molecule has 2 aromatic heterocycles. The summed E-state index contributed by atoms with van der Waals surface area (Å²) < 4.78 is 29.2. The van der Waals surface area contributed by atoms with Crippen molar-refractivity contribution in [3.8, 4) is 0 Å². The summed E-state index contributed by atoms with van der Waals surface area (Å²) in [4.78, 5) is 30.4. The maximum atomic E-state index is 13.2. The summed E-state index contributed by atoms with van der Waals surface area (Å²) >= 11 is 0. The quantitative estimate of drug-likeness (QED) is 0.314. The molecule has 3 heterocycles. The topological polar surface area (TPSA) is 157 Å². The largest absolute Gasteiger partial charge is 0.308 e. The molecule has 2 aromatic carbocycles. The molecular weight excluding hydrogens is 474 g/mol. The number of hydrogen-bond donors (Lipinski definition) is 1. The molecule has 1 aliphatic heterocycles. The number of piperidine rings is 1. The maximum Gasteiger partial charge on any atom is 0.281 e. The van der Waals surface area contributed by atoms with Crippen LogP contribution < -0.4 is 5.56 Å². The highest BCUT2D eigenvalue weighted by molar-refractivity contribution is 7.89. The van der Waals surface area contributed by atoms with Crippen LogP contribution in [-0.2, 0) is 16.6 Å². The van der Waals surface area contributed by atoms with Crippen molar-refractivity contribution in [3.63, 3.8) is 0 Å². The van der Waals surface area contributed by atoms with Crippen LogP contribution in [0.4, 0.5) is 5.69 Å². The van der Waals surface area contributed by atoms with Gasteiger partial charge in [-0.25, -0.2) is 18.1 Å². The highest BCUT2D eigenvalue weighted by Gasteiger charge is 2.32. The fraction of sp³-hybridized carbons (Fsp3) is 0.273. The highest BCUT2D eigenvalue weighted by Crippen LogP contribution is 2.29. The van der Waals surface area contributed by atoms with E-state index >= 15 is 0 Å². The van der Waals surface area contributed by atoms with Crippen molar-refractivity contribution in [2.75, 3.05) is 13.1 Å². The Morgan fingerprint density at radius 2 is 1.86 bits per heavy atom. The van der Waals surface area contributed by atoms with Crippen LogP contribution in [0.2, 0.25) is 0 Å². The van der Waals surface area contributed by atoms with Crippen molar-refractivity contribution in [2.24, 2.45) is 0 Å². The molecule has 0 saturated carbocycles. The molecule has 0 aliphatic carbocycles. The van der Waals surface area contributed by atoms with Gasteiger partial charge in [-0.2, -0.15) is 4.31 Å². The number of fused-ring (bicyclic) bond motifs is 1. The summed E-state index contributed by atoms with van der Waals surface area (Å²) in [5.74, 6) is 0.0384. The van der Waals surface area contributed by atoms with Gasteiger partial charge in [-0.15, -0.1) is 5.10 Å². The number of nitrogens with one attached hydrogen (secondary N) is 1. The van der Waals surface area contributed by atoms with Gasteiger partial charge in [0.1, 0.15) is 5.82 Å². The van der Waals surface area contributed by atoms with E-state index in [0.717, 1.165) is 5.56 Å².